The lowest BCUT2D eigenvalue weighted by atomic mass is 10.4. The quantitative estimate of drug-likeness (QED) is 0.854. The van der Waals surface area contributed by atoms with Crippen molar-refractivity contribution in [2.45, 2.75) is 19.9 Å². The number of carboxylic acids is 1. The minimum absolute atomic E-state index is 0.0848. The van der Waals surface area contributed by atoms with Gasteiger partial charge in [-0.15, -0.1) is 10.2 Å². The molecule has 2 aromatic heterocycles. The van der Waals surface area contributed by atoms with Gasteiger partial charge in [0.15, 0.2) is 11.5 Å². The number of aromatic nitrogens is 4. The first-order valence-corrected chi connectivity index (χ1v) is 5.44. The van der Waals surface area contributed by atoms with Crippen LogP contribution in [0.4, 0.5) is 11.5 Å². The van der Waals surface area contributed by atoms with Crippen LogP contribution in [0.5, 0.6) is 0 Å². The van der Waals surface area contributed by atoms with Gasteiger partial charge in [-0.1, -0.05) is 0 Å². The fraction of sp³-hybridized carbons (Fsp3) is 0.273. The van der Waals surface area contributed by atoms with Crippen molar-refractivity contribution in [3.8, 4) is 0 Å². The Hall–Kier alpha value is -2.44. The van der Waals surface area contributed by atoms with Crippen molar-refractivity contribution in [3.63, 3.8) is 0 Å². The molecular weight excluding hydrogens is 234 g/mol. The fourth-order valence-electron chi connectivity index (χ4n) is 1.35. The van der Waals surface area contributed by atoms with Gasteiger partial charge in [0.05, 0.1) is 11.9 Å². The van der Waals surface area contributed by atoms with Crippen molar-refractivity contribution >= 4 is 17.5 Å². The standard InChI is InChI=1S/C11H13N5O2/c1-7(2)16-6-8(5-12-16)13-10-4-3-9(11(17)18)14-15-10/h3-7H,1-2H3,(H,13,15)(H,17,18). The van der Waals surface area contributed by atoms with E-state index in [0.29, 0.717) is 5.82 Å². The van der Waals surface area contributed by atoms with Crippen molar-refractivity contribution in [3.05, 3.63) is 30.2 Å². The molecule has 0 aliphatic heterocycles. The number of rotatable bonds is 4. The highest BCUT2D eigenvalue weighted by Crippen LogP contribution is 2.14. The lowest BCUT2D eigenvalue weighted by Gasteiger charge is -2.04. The molecule has 18 heavy (non-hydrogen) atoms. The summed E-state index contributed by atoms with van der Waals surface area (Å²) in [6, 6.07) is 3.23. The molecule has 0 aliphatic carbocycles. The molecule has 0 spiro atoms. The number of aromatic carboxylic acids is 1. The number of hydrogen-bond acceptors (Lipinski definition) is 5. The number of carbonyl (C=O) groups is 1. The molecule has 2 rings (SSSR count). The molecule has 0 aromatic carbocycles. The van der Waals surface area contributed by atoms with Gasteiger partial charge < -0.3 is 10.4 Å². The summed E-state index contributed by atoms with van der Waals surface area (Å²) >= 11 is 0. The number of nitrogens with zero attached hydrogens (tertiary/aromatic N) is 4. The van der Waals surface area contributed by atoms with Crippen LogP contribution < -0.4 is 5.32 Å². The minimum Gasteiger partial charge on any atom is -0.476 e. The number of carboxylic acid groups (broad SMARTS) is 1. The van der Waals surface area contributed by atoms with Crippen LogP contribution in [-0.2, 0) is 0 Å². The van der Waals surface area contributed by atoms with Crippen LogP contribution in [0.1, 0.15) is 30.4 Å². The Morgan fingerprint density at radius 3 is 2.67 bits per heavy atom. The average Bonchev–Trinajstić information content (AvgIpc) is 2.78. The zero-order valence-electron chi connectivity index (χ0n) is 10.0. The van der Waals surface area contributed by atoms with E-state index in [9.17, 15) is 4.79 Å². The van der Waals surface area contributed by atoms with Crippen molar-refractivity contribution < 1.29 is 9.90 Å². The maximum Gasteiger partial charge on any atom is 0.356 e. The first-order valence-electron chi connectivity index (χ1n) is 5.44. The Balaban J connectivity index is 2.10. The molecule has 2 N–H and O–H groups in total. The molecule has 94 valence electrons. The highest BCUT2D eigenvalue weighted by Gasteiger charge is 2.06. The van der Waals surface area contributed by atoms with Gasteiger partial charge in [0, 0.05) is 12.2 Å². The molecule has 0 fully saturated rings. The van der Waals surface area contributed by atoms with E-state index in [4.69, 9.17) is 5.11 Å². The smallest absolute Gasteiger partial charge is 0.356 e. The van der Waals surface area contributed by atoms with Crippen LogP contribution in [0.2, 0.25) is 0 Å². The first-order chi connectivity index (χ1) is 8.56. The summed E-state index contributed by atoms with van der Waals surface area (Å²) < 4.78 is 1.81. The third-order valence-corrected chi connectivity index (χ3v) is 2.29. The average molecular weight is 247 g/mol. The molecule has 0 bridgehead atoms. The molecule has 0 amide bonds. The number of hydrogen-bond donors (Lipinski definition) is 2. The monoisotopic (exact) mass is 247 g/mol. The van der Waals surface area contributed by atoms with Gasteiger partial charge in [0.2, 0.25) is 0 Å². The summed E-state index contributed by atoms with van der Waals surface area (Å²) in [5.41, 5.74) is 0.694. The van der Waals surface area contributed by atoms with E-state index in [1.54, 1.807) is 16.9 Å². The fourth-order valence-corrected chi connectivity index (χ4v) is 1.35. The first kappa shape index (κ1) is 12.0. The van der Waals surface area contributed by atoms with E-state index in [-0.39, 0.29) is 11.7 Å². The van der Waals surface area contributed by atoms with Crippen LogP contribution in [0.15, 0.2) is 24.5 Å². The Morgan fingerprint density at radius 2 is 2.17 bits per heavy atom. The second-order valence-corrected chi connectivity index (χ2v) is 4.04. The lowest BCUT2D eigenvalue weighted by Crippen LogP contribution is -2.03. The highest BCUT2D eigenvalue weighted by atomic mass is 16.4. The number of anilines is 2. The lowest BCUT2D eigenvalue weighted by molar-refractivity contribution is 0.0689. The SMILES string of the molecule is CC(C)n1cc(Nc2ccc(C(=O)O)nn2)cn1. The summed E-state index contributed by atoms with van der Waals surface area (Å²) in [6.45, 7) is 4.05. The van der Waals surface area contributed by atoms with Gasteiger partial charge in [-0.05, 0) is 26.0 Å². The van der Waals surface area contributed by atoms with E-state index in [0.717, 1.165) is 5.69 Å². The molecule has 0 saturated heterocycles. The minimum atomic E-state index is -1.10. The van der Waals surface area contributed by atoms with Gasteiger partial charge in [-0.3, -0.25) is 4.68 Å². The summed E-state index contributed by atoms with van der Waals surface area (Å²) in [5.74, 6) is -0.620. The van der Waals surface area contributed by atoms with Gasteiger partial charge in [0.1, 0.15) is 0 Å². The van der Waals surface area contributed by atoms with Crippen LogP contribution in [0.25, 0.3) is 0 Å². The summed E-state index contributed by atoms with van der Waals surface area (Å²) in [5, 5.41) is 23.2. The highest BCUT2D eigenvalue weighted by molar-refractivity contribution is 5.85. The summed E-state index contributed by atoms with van der Waals surface area (Å²) in [7, 11) is 0. The maximum absolute atomic E-state index is 10.6. The molecule has 0 atom stereocenters. The molecule has 2 aromatic rings. The zero-order valence-corrected chi connectivity index (χ0v) is 10.0. The summed E-state index contributed by atoms with van der Waals surface area (Å²) in [6.07, 6.45) is 3.52. The molecule has 0 radical (unpaired) electrons. The van der Waals surface area contributed by atoms with Crippen LogP contribution in [0.3, 0.4) is 0 Å². The van der Waals surface area contributed by atoms with Crippen LogP contribution >= 0.6 is 0 Å². The van der Waals surface area contributed by atoms with E-state index >= 15 is 0 Å². The Labute approximate surface area is 103 Å². The molecule has 0 saturated carbocycles. The van der Waals surface area contributed by atoms with Crippen LogP contribution in [-0.4, -0.2) is 31.1 Å². The molecule has 7 nitrogen and oxygen atoms in total. The third kappa shape index (κ3) is 2.62. The summed E-state index contributed by atoms with van der Waals surface area (Å²) in [4.78, 5) is 10.6. The van der Waals surface area contributed by atoms with Crippen molar-refractivity contribution in [1.29, 1.82) is 0 Å². The van der Waals surface area contributed by atoms with E-state index in [1.807, 2.05) is 20.0 Å². The van der Waals surface area contributed by atoms with Crippen molar-refractivity contribution in [1.82, 2.24) is 20.0 Å². The molecular formula is C11H13N5O2. The Kier molecular flexibility index (Phi) is 3.22. The molecule has 0 unspecified atom stereocenters. The van der Waals surface area contributed by atoms with Gasteiger partial charge in [-0.25, -0.2) is 4.79 Å². The molecule has 0 aliphatic rings. The second kappa shape index (κ2) is 4.82. The molecule has 2 heterocycles. The molecule has 7 heteroatoms. The predicted octanol–water partition coefficient (Wildman–Crippen LogP) is 1.70. The van der Waals surface area contributed by atoms with Gasteiger partial charge in [-0.2, -0.15) is 5.10 Å². The second-order valence-electron chi connectivity index (χ2n) is 4.04. The largest absolute Gasteiger partial charge is 0.476 e. The third-order valence-electron chi connectivity index (χ3n) is 2.29. The van der Waals surface area contributed by atoms with Crippen molar-refractivity contribution in [2.24, 2.45) is 0 Å². The number of nitrogens with one attached hydrogen (secondary N) is 1. The van der Waals surface area contributed by atoms with Gasteiger partial charge >= 0.3 is 5.97 Å². The maximum atomic E-state index is 10.6. The van der Waals surface area contributed by atoms with Crippen molar-refractivity contribution in [2.75, 3.05) is 5.32 Å². The van der Waals surface area contributed by atoms with E-state index in [1.165, 1.54) is 6.07 Å². The Morgan fingerprint density at radius 1 is 1.39 bits per heavy atom. The Bertz CT molecular complexity index is 547. The zero-order chi connectivity index (χ0) is 13.1. The van der Waals surface area contributed by atoms with Crippen LogP contribution in [0, 0.1) is 0 Å². The van der Waals surface area contributed by atoms with Gasteiger partial charge in [0.25, 0.3) is 0 Å². The normalized spacial score (nSPS) is 10.6. The van der Waals surface area contributed by atoms with E-state index in [2.05, 4.69) is 20.6 Å². The predicted molar refractivity (Wildman–Crippen MR) is 64.9 cm³/mol. The topological polar surface area (TPSA) is 92.9 Å². The van der Waals surface area contributed by atoms with E-state index < -0.39 is 5.97 Å².